The van der Waals surface area contributed by atoms with Gasteiger partial charge < -0.3 is 14.8 Å². The number of pyridine rings is 1. The molecule has 0 atom stereocenters. The van der Waals surface area contributed by atoms with Crippen LogP contribution in [0.4, 0.5) is 5.82 Å². The van der Waals surface area contributed by atoms with Gasteiger partial charge in [0.1, 0.15) is 0 Å². The maximum Gasteiger partial charge on any atom is 0.213 e. The van der Waals surface area contributed by atoms with Crippen LogP contribution in [0.3, 0.4) is 0 Å². The van der Waals surface area contributed by atoms with Crippen molar-refractivity contribution in [2.24, 2.45) is 7.05 Å². The van der Waals surface area contributed by atoms with Crippen molar-refractivity contribution >= 4 is 5.82 Å². The number of hydrogen-bond donors (Lipinski definition) is 1. The molecule has 0 saturated carbocycles. The van der Waals surface area contributed by atoms with E-state index in [4.69, 9.17) is 9.47 Å². The summed E-state index contributed by atoms with van der Waals surface area (Å²) in [4.78, 5) is 4.14. The Morgan fingerprint density at radius 3 is 2.67 bits per heavy atom. The minimum atomic E-state index is 0.609. The van der Waals surface area contributed by atoms with Gasteiger partial charge in [0.15, 0.2) is 5.82 Å². The SMILES string of the molecule is COc1ccc(CNc2cc(OC)n(C)n2)cn1. The summed E-state index contributed by atoms with van der Waals surface area (Å²) in [6, 6.07) is 5.63. The van der Waals surface area contributed by atoms with Crippen molar-refractivity contribution in [1.82, 2.24) is 14.8 Å². The van der Waals surface area contributed by atoms with Gasteiger partial charge in [-0.25, -0.2) is 9.67 Å². The number of ether oxygens (including phenoxy) is 2. The van der Waals surface area contributed by atoms with E-state index in [1.165, 1.54) is 0 Å². The van der Waals surface area contributed by atoms with E-state index in [1.54, 1.807) is 25.1 Å². The molecule has 0 aliphatic heterocycles. The molecular formula is C12H16N4O2. The summed E-state index contributed by atoms with van der Waals surface area (Å²) in [5.41, 5.74) is 1.06. The lowest BCUT2D eigenvalue weighted by Gasteiger charge is -2.03. The van der Waals surface area contributed by atoms with Gasteiger partial charge >= 0.3 is 0 Å². The van der Waals surface area contributed by atoms with Crippen LogP contribution in [0.15, 0.2) is 24.4 Å². The zero-order valence-electron chi connectivity index (χ0n) is 10.7. The van der Waals surface area contributed by atoms with Crippen molar-refractivity contribution < 1.29 is 9.47 Å². The Labute approximate surface area is 106 Å². The highest BCUT2D eigenvalue weighted by Gasteiger charge is 2.04. The number of hydrogen-bond acceptors (Lipinski definition) is 5. The Hall–Kier alpha value is -2.24. The number of rotatable bonds is 5. The molecule has 0 unspecified atom stereocenters. The normalized spacial score (nSPS) is 10.2. The van der Waals surface area contributed by atoms with Crippen LogP contribution in [0.2, 0.25) is 0 Å². The van der Waals surface area contributed by atoms with E-state index in [9.17, 15) is 0 Å². The molecule has 96 valence electrons. The molecule has 6 heteroatoms. The summed E-state index contributed by atoms with van der Waals surface area (Å²) in [5.74, 6) is 2.09. The molecule has 0 aliphatic rings. The smallest absolute Gasteiger partial charge is 0.213 e. The Morgan fingerprint density at radius 2 is 2.11 bits per heavy atom. The van der Waals surface area contributed by atoms with Gasteiger partial charge in [-0.05, 0) is 5.56 Å². The van der Waals surface area contributed by atoms with E-state index >= 15 is 0 Å². The van der Waals surface area contributed by atoms with Crippen LogP contribution < -0.4 is 14.8 Å². The molecule has 0 bridgehead atoms. The number of aryl methyl sites for hydroxylation is 1. The number of anilines is 1. The zero-order chi connectivity index (χ0) is 13.0. The van der Waals surface area contributed by atoms with E-state index in [0.29, 0.717) is 18.3 Å². The van der Waals surface area contributed by atoms with Gasteiger partial charge in [-0.15, -0.1) is 0 Å². The van der Waals surface area contributed by atoms with E-state index in [2.05, 4.69) is 15.4 Å². The third-order valence-corrected chi connectivity index (χ3v) is 2.53. The lowest BCUT2D eigenvalue weighted by molar-refractivity contribution is 0.373. The fraction of sp³-hybridized carbons (Fsp3) is 0.333. The molecule has 0 aliphatic carbocycles. The maximum absolute atomic E-state index is 5.14. The Bertz CT molecular complexity index is 507. The van der Waals surface area contributed by atoms with Gasteiger partial charge in [0.05, 0.1) is 14.2 Å². The molecule has 0 amide bonds. The number of nitrogens with zero attached hydrogens (tertiary/aromatic N) is 3. The zero-order valence-corrected chi connectivity index (χ0v) is 10.7. The van der Waals surface area contributed by atoms with Crippen molar-refractivity contribution in [3.8, 4) is 11.8 Å². The van der Waals surface area contributed by atoms with E-state index in [-0.39, 0.29) is 0 Å². The molecule has 0 radical (unpaired) electrons. The monoisotopic (exact) mass is 248 g/mol. The predicted octanol–water partition coefficient (Wildman–Crippen LogP) is 1.44. The average molecular weight is 248 g/mol. The summed E-state index contributed by atoms with van der Waals surface area (Å²) in [6.45, 7) is 0.650. The van der Waals surface area contributed by atoms with Gasteiger partial charge in [-0.3, -0.25) is 0 Å². The average Bonchev–Trinajstić information content (AvgIpc) is 2.77. The van der Waals surface area contributed by atoms with Gasteiger partial charge in [0, 0.05) is 31.9 Å². The molecule has 6 nitrogen and oxygen atoms in total. The van der Waals surface area contributed by atoms with Crippen LogP contribution in [0.1, 0.15) is 5.56 Å². The van der Waals surface area contributed by atoms with Crippen LogP contribution >= 0.6 is 0 Å². The first kappa shape index (κ1) is 12.2. The summed E-state index contributed by atoms with van der Waals surface area (Å²) >= 11 is 0. The molecule has 0 spiro atoms. The van der Waals surface area contributed by atoms with E-state index in [1.807, 2.05) is 25.2 Å². The van der Waals surface area contributed by atoms with Crippen molar-refractivity contribution in [2.75, 3.05) is 19.5 Å². The fourth-order valence-electron chi connectivity index (χ4n) is 1.56. The maximum atomic E-state index is 5.14. The second-order valence-corrected chi connectivity index (χ2v) is 3.76. The molecular weight excluding hydrogens is 232 g/mol. The molecule has 2 heterocycles. The van der Waals surface area contributed by atoms with Gasteiger partial charge in [0.25, 0.3) is 0 Å². The number of aromatic nitrogens is 3. The quantitative estimate of drug-likeness (QED) is 0.867. The number of nitrogens with one attached hydrogen (secondary N) is 1. The molecule has 0 fully saturated rings. The van der Waals surface area contributed by atoms with Gasteiger partial charge in [0.2, 0.25) is 11.8 Å². The third kappa shape index (κ3) is 2.71. The minimum absolute atomic E-state index is 0.609. The first-order valence-corrected chi connectivity index (χ1v) is 5.53. The summed E-state index contributed by atoms with van der Waals surface area (Å²) in [7, 11) is 5.05. The highest BCUT2D eigenvalue weighted by atomic mass is 16.5. The first-order chi connectivity index (χ1) is 8.72. The van der Waals surface area contributed by atoms with E-state index in [0.717, 1.165) is 11.4 Å². The second kappa shape index (κ2) is 5.39. The van der Waals surface area contributed by atoms with Crippen LogP contribution in [0.25, 0.3) is 0 Å². The van der Waals surface area contributed by atoms with Crippen LogP contribution in [0, 0.1) is 0 Å². The Kier molecular flexibility index (Phi) is 3.66. The molecule has 0 aromatic carbocycles. The summed E-state index contributed by atoms with van der Waals surface area (Å²) in [5, 5.41) is 7.47. The third-order valence-electron chi connectivity index (χ3n) is 2.53. The van der Waals surface area contributed by atoms with Crippen LogP contribution in [0.5, 0.6) is 11.8 Å². The summed E-state index contributed by atoms with van der Waals surface area (Å²) in [6.07, 6.45) is 1.77. The lowest BCUT2D eigenvalue weighted by Crippen LogP contribution is -2.01. The van der Waals surface area contributed by atoms with Crippen LogP contribution in [-0.4, -0.2) is 29.0 Å². The van der Waals surface area contributed by atoms with Crippen molar-refractivity contribution in [3.05, 3.63) is 30.0 Å². The molecule has 18 heavy (non-hydrogen) atoms. The molecule has 2 aromatic heterocycles. The first-order valence-electron chi connectivity index (χ1n) is 5.53. The van der Waals surface area contributed by atoms with Gasteiger partial charge in [-0.1, -0.05) is 6.07 Å². The standard InChI is InChI=1S/C12H16N4O2/c1-16-12(18-3)6-10(15-16)13-7-9-4-5-11(17-2)14-8-9/h4-6,8H,7H2,1-3H3,(H,13,15). The second-order valence-electron chi connectivity index (χ2n) is 3.76. The Balaban J connectivity index is 1.97. The van der Waals surface area contributed by atoms with Crippen molar-refractivity contribution in [3.63, 3.8) is 0 Å². The fourth-order valence-corrected chi connectivity index (χ4v) is 1.56. The topological polar surface area (TPSA) is 61.2 Å². The molecule has 1 N–H and O–H groups in total. The molecule has 2 aromatic rings. The highest BCUT2D eigenvalue weighted by molar-refractivity contribution is 5.39. The Morgan fingerprint density at radius 1 is 1.28 bits per heavy atom. The highest BCUT2D eigenvalue weighted by Crippen LogP contribution is 2.16. The van der Waals surface area contributed by atoms with Crippen LogP contribution in [-0.2, 0) is 13.6 Å². The minimum Gasteiger partial charge on any atom is -0.481 e. The molecule has 0 saturated heterocycles. The van der Waals surface area contributed by atoms with E-state index < -0.39 is 0 Å². The lowest BCUT2D eigenvalue weighted by atomic mass is 10.3. The summed E-state index contributed by atoms with van der Waals surface area (Å²) < 4.78 is 11.8. The molecule has 2 rings (SSSR count). The van der Waals surface area contributed by atoms with Gasteiger partial charge in [-0.2, -0.15) is 5.10 Å². The predicted molar refractivity (Wildman–Crippen MR) is 67.9 cm³/mol. The number of methoxy groups -OCH3 is 2. The van der Waals surface area contributed by atoms with Crippen molar-refractivity contribution in [1.29, 1.82) is 0 Å². The largest absolute Gasteiger partial charge is 0.481 e. The van der Waals surface area contributed by atoms with Crippen molar-refractivity contribution in [2.45, 2.75) is 6.54 Å².